The van der Waals surface area contributed by atoms with Gasteiger partial charge in [0.2, 0.25) is 0 Å². The van der Waals surface area contributed by atoms with E-state index in [0.29, 0.717) is 19.4 Å². The fraction of sp³-hybridized carbons (Fsp3) is 1.00. The van der Waals surface area contributed by atoms with E-state index in [2.05, 4.69) is 33.0 Å². The van der Waals surface area contributed by atoms with Gasteiger partial charge in [0.15, 0.2) is 0 Å². The number of hydrogen-bond donors (Lipinski definition) is 3. The van der Waals surface area contributed by atoms with Gasteiger partial charge in [-0.1, -0.05) is 0 Å². The van der Waals surface area contributed by atoms with E-state index < -0.39 is 11.1 Å². The lowest BCUT2D eigenvalue weighted by Crippen LogP contribution is -2.72. The lowest BCUT2D eigenvalue weighted by Gasteiger charge is -2.55. The van der Waals surface area contributed by atoms with Gasteiger partial charge in [0.25, 0.3) is 0 Å². The average molecular weight is 244 g/mol. The third-order valence-corrected chi connectivity index (χ3v) is 3.65. The molecule has 0 bridgehead atoms. The Morgan fingerprint density at radius 3 is 2.00 bits per heavy atom. The molecule has 4 heteroatoms. The Morgan fingerprint density at radius 2 is 1.65 bits per heavy atom. The molecule has 1 saturated heterocycles. The van der Waals surface area contributed by atoms with Crippen molar-refractivity contribution in [1.29, 1.82) is 0 Å². The third-order valence-electron chi connectivity index (χ3n) is 3.65. The van der Waals surface area contributed by atoms with E-state index in [-0.39, 0.29) is 11.1 Å². The molecule has 1 aliphatic rings. The predicted molar refractivity (Wildman–Crippen MR) is 69.9 cm³/mol. The molecule has 1 unspecified atom stereocenters. The average Bonchev–Trinajstić information content (AvgIpc) is 1.95. The number of piperidine rings is 1. The number of methoxy groups -OCH3 is 1. The molecule has 1 atom stereocenters. The highest BCUT2D eigenvalue weighted by molar-refractivity contribution is 5.12. The summed E-state index contributed by atoms with van der Waals surface area (Å²) in [4.78, 5) is 0. The number of hydrogen-bond acceptors (Lipinski definition) is 4. The van der Waals surface area contributed by atoms with Gasteiger partial charge in [-0.15, -0.1) is 0 Å². The van der Waals surface area contributed by atoms with E-state index in [4.69, 9.17) is 10.5 Å². The first-order valence-electron chi connectivity index (χ1n) is 6.23. The van der Waals surface area contributed by atoms with Crippen LogP contribution >= 0.6 is 0 Å². The SMILES string of the molecule is COCC(C)(N)C1(O)CC(C)(C)NC(C)(C)C1. The highest BCUT2D eigenvalue weighted by Gasteiger charge is 2.54. The molecule has 1 rings (SSSR count). The van der Waals surface area contributed by atoms with Gasteiger partial charge in [0.1, 0.15) is 0 Å². The molecule has 1 aliphatic heterocycles. The molecule has 0 amide bonds. The molecule has 17 heavy (non-hydrogen) atoms. The summed E-state index contributed by atoms with van der Waals surface area (Å²) in [6.45, 7) is 10.6. The zero-order chi connectivity index (χ0) is 13.5. The molecule has 4 nitrogen and oxygen atoms in total. The van der Waals surface area contributed by atoms with Crippen LogP contribution in [0.1, 0.15) is 47.5 Å². The summed E-state index contributed by atoms with van der Waals surface area (Å²) < 4.78 is 5.16. The van der Waals surface area contributed by atoms with Crippen LogP contribution in [0, 0.1) is 0 Å². The van der Waals surface area contributed by atoms with Crippen LogP contribution in [-0.4, -0.2) is 41.0 Å². The Bertz CT molecular complexity index is 269. The molecule has 102 valence electrons. The highest BCUT2D eigenvalue weighted by Crippen LogP contribution is 2.41. The van der Waals surface area contributed by atoms with E-state index in [0.717, 1.165) is 0 Å². The minimum Gasteiger partial charge on any atom is -0.388 e. The smallest absolute Gasteiger partial charge is 0.0880 e. The summed E-state index contributed by atoms with van der Waals surface area (Å²) in [6.07, 6.45) is 1.25. The number of aliphatic hydroxyl groups is 1. The summed E-state index contributed by atoms with van der Waals surface area (Å²) in [6, 6.07) is 0. The molecular weight excluding hydrogens is 216 g/mol. The van der Waals surface area contributed by atoms with Crippen LogP contribution in [0.4, 0.5) is 0 Å². The van der Waals surface area contributed by atoms with Crippen molar-refractivity contribution in [2.75, 3.05) is 13.7 Å². The Kier molecular flexibility index (Phi) is 3.68. The van der Waals surface area contributed by atoms with E-state index >= 15 is 0 Å². The van der Waals surface area contributed by atoms with Crippen LogP contribution in [-0.2, 0) is 4.74 Å². The second-order valence-electron chi connectivity index (χ2n) is 7.13. The summed E-state index contributed by atoms with van der Waals surface area (Å²) in [5, 5.41) is 14.5. The monoisotopic (exact) mass is 244 g/mol. The van der Waals surface area contributed by atoms with E-state index in [1.54, 1.807) is 7.11 Å². The first-order valence-corrected chi connectivity index (χ1v) is 6.23. The van der Waals surface area contributed by atoms with Gasteiger partial charge in [-0.3, -0.25) is 0 Å². The number of rotatable bonds is 3. The summed E-state index contributed by atoms with van der Waals surface area (Å²) in [5.41, 5.74) is 4.35. The van der Waals surface area contributed by atoms with Crippen LogP contribution < -0.4 is 11.1 Å². The maximum atomic E-state index is 11.0. The van der Waals surface area contributed by atoms with Crippen LogP contribution in [0.15, 0.2) is 0 Å². The number of nitrogens with two attached hydrogens (primary N) is 1. The van der Waals surface area contributed by atoms with Gasteiger partial charge in [-0.2, -0.15) is 0 Å². The standard InChI is InChI=1S/C13H28N2O2/c1-10(2)7-13(16,8-11(3,4)15-10)12(5,14)9-17-6/h15-16H,7-9,14H2,1-6H3. The summed E-state index contributed by atoms with van der Waals surface area (Å²) in [5.74, 6) is 0. The summed E-state index contributed by atoms with van der Waals surface area (Å²) in [7, 11) is 1.62. The Hall–Kier alpha value is -0.160. The van der Waals surface area contributed by atoms with Gasteiger partial charge < -0.3 is 20.9 Å². The topological polar surface area (TPSA) is 67.5 Å². The normalized spacial score (nSPS) is 29.6. The van der Waals surface area contributed by atoms with Crippen molar-refractivity contribution in [1.82, 2.24) is 5.32 Å². The van der Waals surface area contributed by atoms with Crippen LogP contribution in [0.25, 0.3) is 0 Å². The van der Waals surface area contributed by atoms with Crippen molar-refractivity contribution in [2.45, 2.75) is 69.7 Å². The van der Waals surface area contributed by atoms with E-state index in [9.17, 15) is 5.11 Å². The fourth-order valence-corrected chi connectivity index (χ4v) is 3.37. The van der Waals surface area contributed by atoms with E-state index in [1.807, 2.05) is 6.92 Å². The third kappa shape index (κ3) is 3.19. The molecule has 0 aromatic heterocycles. The van der Waals surface area contributed by atoms with Crippen molar-refractivity contribution < 1.29 is 9.84 Å². The second kappa shape index (κ2) is 4.19. The number of ether oxygens (including phenoxy) is 1. The summed E-state index contributed by atoms with van der Waals surface area (Å²) >= 11 is 0. The van der Waals surface area contributed by atoms with Crippen molar-refractivity contribution in [3.8, 4) is 0 Å². The molecule has 1 fully saturated rings. The molecule has 4 N–H and O–H groups in total. The maximum Gasteiger partial charge on any atom is 0.0880 e. The lowest BCUT2D eigenvalue weighted by atomic mass is 9.65. The van der Waals surface area contributed by atoms with Crippen molar-refractivity contribution >= 4 is 0 Å². The second-order valence-corrected chi connectivity index (χ2v) is 7.13. The lowest BCUT2D eigenvalue weighted by molar-refractivity contribution is -0.119. The molecule has 0 saturated carbocycles. The maximum absolute atomic E-state index is 11.0. The first-order chi connectivity index (χ1) is 7.43. The molecule has 1 heterocycles. The highest BCUT2D eigenvalue weighted by atomic mass is 16.5. The van der Waals surface area contributed by atoms with Crippen molar-refractivity contribution in [3.63, 3.8) is 0 Å². The van der Waals surface area contributed by atoms with Crippen LogP contribution in [0.2, 0.25) is 0 Å². The van der Waals surface area contributed by atoms with Gasteiger partial charge in [-0.05, 0) is 47.5 Å². The minimum atomic E-state index is -0.915. The Morgan fingerprint density at radius 1 is 1.24 bits per heavy atom. The zero-order valence-corrected chi connectivity index (χ0v) is 12.1. The van der Waals surface area contributed by atoms with Gasteiger partial charge in [-0.25, -0.2) is 0 Å². The van der Waals surface area contributed by atoms with Gasteiger partial charge in [0, 0.05) is 18.2 Å². The molecule has 0 aromatic rings. The van der Waals surface area contributed by atoms with Gasteiger partial charge in [0.05, 0.1) is 17.7 Å². The predicted octanol–water partition coefficient (Wildman–Crippen LogP) is 1.02. The van der Waals surface area contributed by atoms with E-state index in [1.165, 1.54) is 0 Å². The molecule has 0 aromatic carbocycles. The Labute approximate surface area is 105 Å². The van der Waals surface area contributed by atoms with Crippen LogP contribution in [0.3, 0.4) is 0 Å². The molecular formula is C13H28N2O2. The van der Waals surface area contributed by atoms with Gasteiger partial charge >= 0.3 is 0 Å². The minimum absolute atomic E-state index is 0.134. The largest absolute Gasteiger partial charge is 0.388 e. The Balaban J connectivity index is 3.02. The fourth-order valence-electron chi connectivity index (χ4n) is 3.37. The molecule has 0 radical (unpaired) electrons. The van der Waals surface area contributed by atoms with Crippen molar-refractivity contribution in [3.05, 3.63) is 0 Å². The van der Waals surface area contributed by atoms with Crippen molar-refractivity contribution in [2.24, 2.45) is 5.73 Å². The molecule has 0 spiro atoms. The van der Waals surface area contributed by atoms with Crippen LogP contribution in [0.5, 0.6) is 0 Å². The zero-order valence-electron chi connectivity index (χ0n) is 12.1. The number of nitrogens with one attached hydrogen (secondary N) is 1. The quantitative estimate of drug-likeness (QED) is 0.693. The molecule has 0 aliphatic carbocycles. The first kappa shape index (κ1) is 14.9.